The Morgan fingerprint density at radius 2 is 1.92 bits per heavy atom. The fourth-order valence-corrected chi connectivity index (χ4v) is 2.65. The zero-order valence-corrected chi connectivity index (χ0v) is 15.1. The lowest BCUT2D eigenvalue weighted by Gasteiger charge is -2.14. The average Bonchev–Trinajstić information content (AvgIpc) is 3.21. The molecular weight excluding hydrogens is 326 g/mol. The zero-order valence-electron chi connectivity index (χ0n) is 15.1. The van der Waals surface area contributed by atoms with Crippen molar-refractivity contribution < 1.29 is 4.79 Å². The maximum absolute atomic E-state index is 12.4. The van der Waals surface area contributed by atoms with Gasteiger partial charge in [0, 0.05) is 18.7 Å². The minimum atomic E-state index is -0.0915. The molecule has 0 spiro atoms. The summed E-state index contributed by atoms with van der Waals surface area (Å²) in [6, 6.07) is 15.6. The van der Waals surface area contributed by atoms with E-state index in [0.717, 1.165) is 24.3 Å². The van der Waals surface area contributed by atoms with Crippen molar-refractivity contribution in [1.82, 2.24) is 25.0 Å². The van der Waals surface area contributed by atoms with Crippen molar-refractivity contribution >= 4 is 5.91 Å². The summed E-state index contributed by atoms with van der Waals surface area (Å²) in [5, 5.41) is 7.05. The molecule has 1 N–H and O–H groups in total. The van der Waals surface area contributed by atoms with Crippen LogP contribution in [0.1, 0.15) is 28.4 Å². The Bertz CT molecular complexity index is 843. The molecule has 0 unspecified atom stereocenters. The molecule has 0 saturated carbocycles. The molecule has 3 rings (SSSR count). The molecule has 0 radical (unpaired) electrons. The molecule has 1 aromatic heterocycles. The van der Waals surface area contributed by atoms with Crippen LogP contribution < -0.4 is 5.32 Å². The van der Waals surface area contributed by atoms with Crippen LogP contribution in [0, 0.1) is 0 Å². The predicted octanol–water partition coefficient (Wildman–Crippen LogP) is 2.65. The predicted molar refractivity (Wildman–Crippen MR) is 101 cm³/mol. The van der Waals surface area contributed by atoms with Crippen LogP contribution in [0.4, 0.5) is 0 Å². The van der Waals surface area contributed by atoms with Gasteiger partial charge in [-0.05, 0) is 49.0 Å². The lowest BCUT2D eigenvalue weighted by Crippen LogP contribution is -2.23. The summed E-state index contributed by atoms with van der Waals surface area (Å²) in [5.74, 6) is -0.0915. The third kappa shape index (κ3) is 4.55. The Hall–Kier alpha value is -2.99. The molecule has 0 fully saturated rings. The van der Waals surface area contributed by atoms with E-state index in [1.54, 1.807) is 23.1 Å². The Kier molecular flexibility index (Phi) is 5.76. The molecule has 1 amide bonds. The summed E-state index contributed by atoms with van der Waals surface area (Å²) in [7, 11) is 2.09. The van der Waals surface area contributed by atoms with E-state index in [9.17, 15) is 4.79 Å². The molecule has 6 nitrogen and oxygen atoms in total. The quantitative estimate of drug-likeness (QED) is 0.712. The number of carbonyl (C=O) groups excluding carboxylic acids is 1. The van der Waals surface area contributed by atoms with Gasteiger partial charge in [-0.3, -0.25) is 4.79 Å². The van der Waals surface area contributed by atoms with Crippen LogP contribution in [-0.4, -0.2) is 39.2 Å². The number of nitrogens with zero attached hydrogens (tertiary/aromatic N) is 4. The van der Waals surface area contributed by atoms with Crippen molar-refractivity contribution in [3.05, 3.63) is 77.9 Å². The van der Waals surface area contributed by atoms with Gasteiger partial charge in [-0.2, -0.15) is 5.10 Å². The summed E-state index contributed by atoms with van der Waals surface area (Å²) < 4.78 is 1.65. The van der Waals surface area contributed by atoms with E-state index in [2.05, 4.69) is 46.4 Å². The highest BCUT2D eigenvalue weighted by Gasteiger charge is 2.07. The molecule has 26 heavy (non-hydrogen) atoms. The van der Waals surface area contributed by atoms with Gasteiger partial charge in [0.25, 0.3) is 5.91 Å². The first kappa shape index (κ1) is 17.8. The van der Waals surface area contributed by atoms with Gasteiger partial charge in [0.2, 0.25) is 0 Å². The van der Waals surface area contributed by atoms with Crippen molar-refractivity contribution in [2.45, 2.75) is 20.0 Å². The van der Waals surface area contributed by atoms with E-state index in [1.165, 1.54) is 11.9 Å². The molecule has 1 heterocycles. The fourth-order valence-electron chi connectivity index (χ4n) is 2.65. The van der Waals surface area contributed by atoms with Crippen molar-refractivity contribution in [3.8, 4) is 5.69 Å². The third-order valence-electron chi connectivity index (χ3n) is 4.25. The normalized spacial score (nSPS) is 10.9. The van der Waals surface area contributed by atoms with E-state index in [-0.39, 0.29) is 5.91 Å². The van der Waals surface area contributed by atoms with Gasteiger partial charge in [0.05, 0.1) is 5.69 Å². The number of amides is 1. The molecule has 3 aromatic rings. The lowest BCUT2D eigenvalue weighted by molar-refractivity contribution is 0.0951. The summed E-state index contributed by atoms with van der Waals surface area (Å²) in [4.78, 5) is 18.5. The number of hydrogen-bond donors (Lipinski definition) is 1. The van der Waals surface area contributed by atoms with E-state index in [1.807, 2.05) is 24.3 Å². The standard InChI is InChI=1S/C20H23N5O/c1-3-24(2)13-17-6-4-5-16(11-17)12-22-20(26)18-7-9-19(10-8-18)25-15-21-14-23-25/h4-11,14-15H,3,12-13H2,1-2H3,(H,22,26). The molecule has 0 aliphatic rings. The van der Waals surface area contributed by atoms with Crippen LogP contribution in [-0.2, 0) is 13.1 Å². The summed E-state index contributed by atoms with van der Waals surface area (Å²) in [5.41, 5.74) is 3.83. The van der Waals surface area contributed by atoms with Gasteiger partial charge in [0.15, 0.2) is 0 Å². The van der Waals surface area contributed by atoms with Crippen LogP contribution in [0.5, 0.6) is 0 Å². The first-order valence-electron chi connectivity index (χ1n) is 8.65. The fraction of sp³-hybridized carbons (Fsp3) is 0.250. The summed E-state index contributed by atoms with van der Waals surface area (Å²) >= 11 is 0. The first-order valence-corrected chi connectivity index (χ1v) is 8.65. The molecule has 0 aliphatic carbocycles. The molecule has 0 bridgehead atoms. The second-order valence-electron chi connectivity index (χ2n) is 6.22. The van der Waals surface area contributed by atoms with Gasteiger partial charge < -0.3 is 10.2 Å². The average molecular weight is 349 g/mol. The van der Waals surface area contributed by atoms with Gasteiger partial charge in [-0.15, -0.1) is 0 Å². The van der Waals surface area contributed by atoms with E-state index >= 15 is 0 Å². The Labute approximate surface area is 153 Å². The van der Waals surface area contributed by atoms with Gasteiger partial charge in [-0.25, -0.2) is 9.67 Å². The van der Waals surface area contributed by atoms with E-state index < -0.39 is 0 Å². The topological polar surface area (TPSA) is 63.1 Å². The zero-order chi connectivity index (χ0) is 18.4. The van der Waals surface area contributed by atoms with Crippen molar-refractivity contribution in [3.63, 3.8) is 0 Å². The van der Waals surface area contributed by atoms with Crippen LogP contribution in [0.2, 0.25) is 0 Å². The number of hydrogen-bond acceptors (Lipinski definition) is 4. The summed E-state index contributed by atoms with van der Waals surface area (Å²) in [6.07, 6.45) is 3.10. The number of benzene rings is 2. The van der Waals surface area contributed by atoms with Gasteiger partial charge >= 0.3 is 0 Å². The number of carbonyl (C=O) groups is 1. The van der Waals surface area contributed by atoms with E-state index in [4.69, 9.17) is 0 Å². The number of aromatic nitrogens is 3. The molecule has 2 aromatic carbocycles. The molecular formula is C20H23N5O. The van der Waals surface area contributed by atoms with Crippen LogP contribution >= 0.6 is 0 Å². The largest absolute Gasteiger partial charge is 0.348 e. The molecule has 0 saturated heterocycles. The lowest BCUT2D eigenvalue weighted by atomic mass is 10.1. The number of rotatable bonds is 7. The minimum Gasteiger partial charge on any atom is -0.348 e. The minimum absolute atomic E-state index is 0.0915. The second-order valence-corrected chi connectivity index (χ2v) is 6.22. The highest BCUT2D eigenvalue weighted by Crippen LogP contribution is 2.10. The Morgan fingerprint density at radius 1 is 1.15 bits per heavy atom. The smallest absolute Gasteiger partial charge is 0.251 e. The van der Waals surface area contributed by atoms with Crippen molar-refractivity contribution in [1.29, 1.82) is 0 Å². The second kappa shape index (κ2) is 8.40. The van der Waals surface area contributed by atoms with Crippen LogP contribution in [0.25, 0.3) is 5.69 Å². The van der Waals surface area contributed by atoms with Crippen molar-refractivity contribution in [2.75, 3.05) is 13.6 Å². The third-order valence-corrected chi connectivity index (χ3v) is 4.25. The molecule has 0 aliphatic heterocycles. The summed E-state index contributed by atoms with van der Waals surface area (Å²) in [6.45, 7) is 4.55. The highest BCUT2D eigenvalue weighted by atomic mass is 16.1. The molecule has 0 atom stereocenters. The highest BCUT2D eigenvalue weighted by molar-refractivity contribution is 5.94. The maximum Gasteiger partial charge on any atom is 0.251 e. The molecule has 6 heteroatoms. The first-order chi connectivity index (χ1) is 12.7. The maximum atomic E-state index is 12.4. The molecule has 134 valence electrons. The monoisotopic (exact) mass is 349 g/mol. The van der Waals surface area contributed by atoms with Gasteiger partial charge in [0.1, 0.15) is 12.7 Å². The van der Waals surface area contributed by atoms with E-state index in [0.29, 0.717) is 12.1 Å². The Balaban J connectivity index is 1.59. The van der Waals surface area contributed by atoms with Crippen molar-refractivity contribution in [2.24, 2.45) is 0 Å². The van der Waals surface area contributed by atoms with Crippen LogP contribution in [0.15, 0.2) is 61.2 Å². The van der Waals surface area contributed by atoms with Crippen LogP contribution in [0.3, 0.4) is 0 Å². The van der Waals surface area contributed by atoms with Gasteiger partial charge in [-0.1, -0.05) is 31.2 Å². The number of nitrogens with one attached hydrogen (secondary N) is 1. The SMILES string of the molecule is CCN(C)Cc1cccc(CNC(=O)c2ccc(-n3cncn3)cc2)c1. The Morgan fingerprint density at radius 3 is 2.62 bits per heavy atom.